The van der Waals surface area contributed by atoms with Crippen molar-refractivity contribution >= 4 is 5.97 Å². The Kier molecular flexibility index (Phi) is 4.63. The molecule has 0 spiro atoms. The van der Waals surface area contributed by atoms with Gasteiger partial charge in [0.05, 0.1) is 13.5 Å². The van der Waals surface area contributed by atoms with Gasteiger partial charge in [-0.2, -0.15) is 0 Å². The molecule has 0 aliphatic carbocycles. The summed E-state index contributed by atoms with van der Waals surface area (Å²) in [6.07, 6.45) is 0.0800. The van der Waals surface area contributed by atoms with Crippen molar-refractivity contribution in [3.05, 3.63) is 64.7 Å². The van der Waals surface area contributed by atoms with E-state index in [2.05, 4.69) is 6.07 Å². The summed E-state index contributed by atoms with van der Waals surface area (Å²) in [4.78, 5) is 11.3. The number of rotatable bonds is 5. The molecule has 3 nitrogen and oxygen atoms in total. The highest BCUT2D eigenvalue weighted by Gasteiger charge is 2.19. The van der Waals surface area contributed by atoms with Crippen molar-refractivity contribution in [2.75, 3.05) is 7.11 Å². The predicted molar refractivity (Wildman–Crippen MR) is 83.0 cm³/mol. The SMILES string of the molecule is COc1ccc(C(CC(=O)O)c2cc(C)ccc2C)cc1. The van der Waals surface area contributed by atoms with Crippen LogP contribution in [0.25, 0.3) is 0 Å². The quantitative estimate of drug-likeness (QED) is 0.905. The Balaban J connectivity index is 2.46. The first kappa shape index (κ1) is 15.1. The van der Waals surface area contributed by atoms with Crippen molar-refractivity contribution in [3.8, 4) is 5.75 Å². The summed E-state index contributed by atoms with van der Waals surface area (Å²) < 4.78 is 5.16. The third-order valence-electron chi connectivity index (χ3n) is 3.71. The van der Waals surface area contributed by atoms with Gasteiger partial charge in [0.15, 0.2) is 0 Å². The van der Waals surface area contributed by atoms with Crippen LogP contribution in [0, 0.1) is 13.8 Å². The standard InChI is InChI=1S/C18H20O3/c1-12-4-5-13(2)16(10-12)17(11-18(19)20)14-6-8-15(21-3)9-7-14/h4-10,17H,11H2,1-3H3,(H,19,20). The molecule has 1 unspecified atom stereocenters. The molecule has 0 amide bonds. The lowest BCUT2D eigenvalue weighted by atomic mass is 9.85. The van der Waals surface area contributed by atoms with Crippen LogP contribution in [0.1, 0.15) is 34.6 Å². The number of hydrogen-bond acceptors (Lipinski definition) is 2. The summed E-state index contributed by atoms with van der Waals surface area (Å²) >= 11 is 0. The molecule has 0 bridgehead atoms. The number of ether oxygens (including phenoxy) is 1. The van der Waals surface area contributed by atoms with E-state index in [1.54, 1.807) is 7.11 Å². The van der Waals surface area contributed by atoms with E-state index in [4.69, 9.17) is 4.74 Å². The third kappa shape index (κ3) is 3.63. The second kappa shape index (κ2) is 6.44. The van der Waals surface area contributed by atoms with Gasteiger partial charge in [-0.1, -0.05) is 35.9 Å². The molecular weight excluding hydrogens is 264 g/mol. The van der Waals surface area contributed by atoms with Crippen molar-refractivity contribution in [1.29, 1.82) is 0 Å². The summed E-state index contributed by atoms with van der Waals surface area (Å²) in [7, 11) is 1.62. The number of benzene rings is 2. The van der Waals surface area contributed by atoms with Crippen molar-refractivity contribution in [3.63, 3.8) is 0 Å². The topological polar surface area (TPSA) is 46.5 Å². The molecular formula is C18H20O3. The van der Waals surface area contributed by atoms with E-state index < -0.39 is 5.97 Å². The molecule has 0 saturated heterocycles. The summed E-state index contributed by atoms with van der Waals surface area (Å²) in [5, 5.41) is 9.24. The molecule has 0 saturated carbocycles. The molecule has 0 aliphatic heterocycles. The minimum atomic E-state index is -0.795. The fraction of sp³-hybridized carbons (Fsp3) is 0.278. The Morgan fingerprint density at radius 1 is 1.14 bits per heavy atom. The smallest absolute Gasteiger partial charge is 0.304 e. The predicted octanol–water partition coefficient (Wildman–Crippen LogP) is 3.92. The third-order valence-corrected chi connectivity index (χ3v) is 3.71. The molecule has 1 atom stereocenters. The van der Waals surface area contributed by atoms with Crippen molar-refractivity contribution in [2.45, 2.75) is 26.2 Å². The number of hydrogen-bond donors (Lipinski definition) is 1. The molecule has 0 fully saturated rings. The molecule has 21 heavy (non-hydrogen) atoms. The van der Waals surface area contributed by atoms with E-state index in [9.17, 15) is 9.90 Å². The van der Waals surface area contributed by atoms with Crippen LogP contribution >= 0.6 is 0 Å². The lowest BCUT2D eigenvalue weighted by molar-refractivity contribution is -0.137. The Bertz CT molecular complexity index is 629. The highest BCUT2D eigenvalue weighted by atomic mass is 16.5. The molecule has 0 aromatic heterocycles. The van der Waals surface area contributed by atoms with Gasteiger partial charge in [-0.15, -0.1) is 0 Å². The van der Waals surface area contributed by atoms with Crippen LogP contribution in [0.2, 0.25) is 0 Å². The molecule has 0 aliphatic rings. The second-order valence-electron chi connectivity index (χ2n) is 5.28. The zero-order valence-electron chi connectivity index (χ0n) is 12.6. The minimum absolute atomic E-state index is 0.0800. The lowest BCUT2D eigenvalue weighted by Gasteiger charge is -2.19. The molecule has 0 heterocycles. The summed E-state index contributed by atoms with van der Waals surface area (Å²) in [5.41, 5.74) is 4.32. The Morgan fingerprint density at radius 3 is 2.38 bits per heavy atom. The zero-order valence-corrected chi connectivity index (χ0v) is 12.6. The summed E-state index contributed by atoms with van der Waals surface area (Å²) in [6.45, 7) is 4.04. The van der Waals surface area contributed by atoms with Crippen LogP contribution in [0.5, 0.6) is 5.75 Å². The molecule has 2 rings (SSSR count). The largest absolute Gasteiger partial charge is 0.497 e. The summed E-state index contributed by atoms with van der Waals surface area (Å²) in [6, 6.07) is 13.8. The average molecular weight is 284 g/mol. The fourth-order valence-electron chi connectivity index (χ4n) is 2.55. The van der Waals surface area contributed by atoms with Gasteiger partial charge in [0.1, 0.15) is 5.75 Å². The minimum Gasteiger partial charge on any atom is -0.497 e. The van der Waals surface area contributed by atoms with Crippen LogP contribution in [0.15, 0.2) is 42.5 Å². The number of aryl methyl sites for hydroxylation is 2. The second-order valence-corrected chi connectivity index (χ2v) is 5.28. The highest BCUT2D eigenvalue weighted by Crippen LogP contribution is 2.32. The maximum absolute atomic E-state index is 11.3. The maximum Gasteiger partial charge on any atom is 0.304 e. The van der Waals surface area contributed by atoms with Crippen LogP contribution in [0.4, 0.5) is 0 Å². The molecule has 2 aromatic carbocycles. The Labute approximate surface area is 125 Å². The van der Waals surface area contributed by atoms with Crippen LogP contribution in [-0.4, -0.2) is 18.2 Å². The monoisotopic (exact) mass is 284 g/mol. The number of carboxylic acids is 1. The van der Waals surface area contributed by atoms with Crippen molar-refractivity contribution in [2.24, 2.45) is 0 Å². The Morgan fingerprint density at radius 2 is 1.81 bits per heavy atom. The maximum atomic E-state index is 11.3. The molecule has 1 N–H and O–H groups in total. The lowest BCUT2D eigenvalue weighted by Crippen LogP contribution is -2.09. The van der Waals surface area contributed by atoms with Crippen LogP contribution in [-0.2, 0) is 4.79 Å². The molecule has 0 radical (unpaired) electrons. The number of carbonyl (C=O) groups is 1. The first-order valence-corrected chi connectivity index (χ1v) is 6.94. The van der Waals surface area contributed by atoms with Gasteiger partial charge in [-0.05, 0) is 42.7 Å². The first-order chi connectivity index (χ1) is 10.0. The van der Waals surface area contributed by atoms with E-state index in [1.165, 1.54) is 0 Å². The number of methoxy groups -OCH3 is 1. The van der Waals surface area contributed by atoms with E-state index in [-0.39, 0.29) is 12.3 Å². The summed E-state index contributed by atoms with van der Waals surface area (Å²) in [5.74, 6) is -0.168. The van der Waals surface area contributed by atoms with Gasteiger partial charge in [-0.25, -0.2) is 0 Å². The van der Waals surface area contributed by atoms with Gasteiger partial charge in [0.25, 0.3) is 0 Å². The normalized spacial score (nSPS) is 12.0. The van der Waals surface area contributed by atoms with E-state index >= 15 is 0 Å². The molecule has 2 aromatic rings. The van der Waals surface area contributed by atoms with E-state index in [0.717, 1.165) is 28.0 Å². The van der Waals surface area contributed by atoms with Gasteiger partial charge in [0, 0.05) is 5.92 Å². The first-order valence-electron chi connectivity index (χ1n) is 6.94. The van der Waals surface area contributed by atoms with E-state index in [1.807, 2.05) is 50.2 Å². The van der Waals surface area contributed by atoms with Gasteiger partial charge in [0.2, 0.25) is 0 Å². The van der Waals surface area contributed by atoms with Crippen molar-refractivity contribution in [1.82, 2.24) is 0 Å². The number of carboxylic acid groups (broad SMARTS) is 1. The van der Waals surface area contributed by atoms with Crippen molar-refractivity contribution < 1.29 is 14.6 Å². The molecule has 110 valence electrons. The fourth-order valence-corrected chi connectivity index (χ4v) is 2.55. The average Bonchev–Trinajstić information content (AvgIpc) is 2.47. The highest BCUT2D eigenvalue weighted by molar-refractivity contribution is 5.69. The van der Waals surface area contributed by atoms with Crippen LogP contribution in [0.3, 0.4) is 0 Å². The molecule has 3 heteroatoms. The number of aliphatic carboxylic acids is 1. The van der Waals surface area contributed by atoms with Crippen LogP contribution < -0.4 is 4.74 Å². The van der Waals surface area contributed by atoms with Gasteiger partial charge >= 0.3 is 5.97 Å². The van der Waals surface area contributed by atoms with Gasteiger partial charge in [-0.3, -0.25) is 4.79 Å². The zero-order chi connectivity index (χ0) is 15.4. The van der Waals surface area contributed by atoms with E-state index in [0.29, 0.717) is 0 Å². The Hall–Kier alpha value is -2.29. The van der Waals surface area contributed by atoms with Gasteiger partial charge < -0.3 is 9.84 Å².